The number of amides is 1. The molecule has 0 bridgehead atoms. The molecule has 1 amide bonds. The highest BCUT2D eigenvalue weighted by Crippen LogP contribution is 2.32. The first-order valence-corrected chi connectivity index (χ1v) is 10.9. The fourth-order valence-corrected chi connectivity index (χ4v) is 4.56. The summed E-state index contributed by atoms with van der Waals surface area (Å²) in [4.78, 5) is 26.3. The van der Waals surface area contributed by atoms with Crippen molar-refractivity contribution in [3.05, 3.63) is 40.8 Å². The Kier molecular flexibility index (Phi) is 4.85. The maximum atomic E-state index is 12.6. The van der Waals surface area contributed by atoms with E-state index in [1.165, 1.54) is 6.42 Å². The average molecular weight is 425 g/mol. The lowest BCUT2D eigenvalue weighted by molar-refractivity contribution is -0.138. The summed E-state index contributed by atoms with van der Waals surface area (Å²) in [6.07, 6.45) is 3.28. The highest BCUT2D eigenvalue weighted by Gasteiger charge is 2.32. The molecule has 0 atom stereocenters. The summed E-state index contributed by atoms with van der Waals surface area (Å²) in [5.74, 6) is 2.16. The van der Waals surface area contributed by atoms with Crippen molar-refractivity contribution in [1.82, 2.24) is 24.6 Å². The number of benzene rings is 1. The lowest BCUT2D eigenvalue weighted by Crippen LogP contribution is -2.51. The molecule has 5 rings (SSSR count). The van der Waals surface area contributed by atoms with Gasteiger partial charge in [0.1, 0.15) is 11.6 Å². The average Bonchev–Trinajstić information content (AvgIpc) is 3.02. The van der Waals surface area contributed by atoms with Crippen LogP contribution in [0, 0.1) is 19.8 Å². The third-order valence-electron chi connectivity index (χ3n) is 6.22. The van der Waals surface area contributed by atoms with E-state index in [9.17, 15) is 4.79 Å². The Morgan fingerprint density at radius 3 is 2.47 bits per heavy atom. The molecule has 0 unspecified atom stereocenters. The van der Waals surface area contributed by atoms with Crippen LogP contribution in [0.3, 0.4) is 0 Å². The van der Waals surface area contributed by atoms with Crippen LogP contribution in [0.25, 0.3) is 16.7 Å². The fourth-order valence-electron chi connectivity index (χ4n) is 4.34. The standard InChI is InChI=1S/C22H25ClN6O/c1-14-19-20(27-10-12-28(13-11-27)22(30)16-6-5-7-16)24-15(2)25-21(19)29(26-14)18-9-4-3-8-17(18)23/h3-4,8-9,16H,5-7,10-13H2,1-2H3. The van der Waals surface area contributed by atoms with Gasteiger partial charge in [-0.05, 0) is 38.8 Å². The number of halogens is 1. The number of carbonyl (C=O) groups is 1. The zero-order chi connectivity index (χ0) is 20.8. The smallest absolute Gasteiger partial charge is 0.225 e. The van der Waals surface area contributed by atoms with Crippen LogP contribution in [0.5, 0.6) is 0 Å². The summed E-state index contributed by atoms with van der Waals surface area (Å²) >= 11 is 6.43. The summed E-state index contributed by atoms with van der Waals surface area (Å²) in [5, 5.41) is 6.31. The van der Waals surface area contributed by atoms with Gasteiger partial charge in [-0.1, -0.05) is 30.2 Å². The number of nitrogens with zero attached hydrogens (tertiary/aromatic N) is 6. The van der Waals surface area contributed by atoms with Gasteiger partial charge in [0.2, 0.25) is 5.91 Å². The lowest BCUT2D eigenvalue weighted by Gasteiger charge is -2.38. The van der Waals surface area contributed by atoms with E-state index in [2.05, 4.69) is 4.90 Å². The van der Waals surface area contributed by atoms with Crippen LogP contribution in [0.1, 0.15) is 30.8 Å². The van der Waals surface area contributed by atoms with Crippen LogP contribution in [0.4, 0.5) is 5.82 Å². The van der Waals surface area contributed by atoms with Crippen LogP contribution >= 0.6 is 11.6 Å². The molecule has 156 valence electrons. The summed E-state index contributed by atoms with van der Waals surface area (Å²) in [7, 11) is 0. The topological polar surface area (TPSA) is 67.2 Å². The lowest BCUT2D eigenvalue weighted by atomic mass is 9.84. The molecule has 2 fully saturated rings. The second-order valence-corrected chi connectivity index (χ2v) is 8.59. The molecule has 8 heteroatoms. The van der Waals surface area contributed by atoms with Gasteiger partial charge in [0.05, 0.1) is 21.8 Å². The molecule has 1 aliphatic heterocycles. The van der Waals surface area contributed by atoms with E-state index in [1.54, 1.807) is 0 Å². The Morgan fingerprint density at radius 2 is 1.80 bits per heavy atom. The number of aromatic nitrogens is 4. The number of piperazine rings is 1. The number of fused-ring (bicyclic) bond motifs is 1. The minimum atomic E-state index is 0.251. The Hall–Kier alpha value is -2.67. The predicted octanol–water partition coefficient (Wildman–Crippen LogP) is 3.53. The molecule has 1 saturated carbocycles. The van der Waals surface area contributed by atoms with Gasteiger partial charge >= 0.3 is 0 Å². The van der Waals surface area contributed by atoms with Crippen molar-refractivity contribution < 1.29 is 4.79 Å². The van der Waals surface area contributed by atoms with Gasteiger partial charge in [0.15, 0.2) is 5.65 Å². The highest BCUT2D eigenvalue weighted by molar-refractivity contribution is 6.32. The fraction of sp³-hybridized carbons (Fsp3) is 0.455. The second kappa shape index (κ2) is 7.54. The van der Waals surface area contributed by atoms with Crippen molar-refractivity contribution in [3.63, 3.8) is 0 Å². The van der Waals surface area contributed by atoms with Gasteiger partial charge in [-0.2, -0.15) is 5.10 Å². The molecule has 7 nitrogen and oxygen atoms in total. The van der Waals surface area contributed by atoms with Crippen LogP contribution in [-0.2, 0) is 4.79 Å². The van der Waals surface area contributed by atoms with Crippen LogP contribution in [0.2, 0.25) is 5.02 Å². The number of hydrogen-bond acceptors (Lipinski definition) is 5. The van der Waals surface area contributed by atoms with Crippen molar-refractivity contribution in [2.24, 2.45) is 5.92 Å². The van der Waals surface area contributed by atoms with Gasteiger partial charge in [-0.15, -0.1) is 0 Å². The molecule has 1 aromatic carbocycles. The van der Waals surface area contributed by atoms with Crippen LogP contribution < -0.4 is 4.90 Å². The quantitative estimate of drug-likeness (QED) is 0.643. The van der Waals surface area contributed by atoms with Gasteiger partial charge in [-0.25, -0.2) is 14.6 Å². The first-order chi connectivity index (χ1) is 14.5. The minimum Gasteiger partial charge on any atom is -0.352 e. The third-order valence-corrected chi connectivity index (χ3v) is 6.54. The van der Waals surface area contributed by atoms with E-state index in [1.807, 2.05) is 47.7 Å². The monoisotopic (exact) mass is 424 g/mol. The zero-order valence-electron chi connectivity index (χ0n) is 17.3. The molecule has 3 heterocycles. The van der Waals surface area contributed by atoms with Crippen molar-refractivity contribution >= 4 is 34.4 Å². The summed E-state index contributed by atoms with van der Waals surface area (Å²) in [5.41, 5.74) is 2.43. The third kappa shape index (κ3) is 3.21. The number of para-hydroxylation sites is 1. The van der Waals surface area contributed by atoms with Crippen LogP contribution in [0.15, 0.2) is 24.3 Å². The van der Waals surface area contributed by atoms with E-state index in [-0.39, 0.29) is 5.92 Å². The predicted molar refractivity (Wildman–Crippen MR) is 117 cm³/mol. The molecular formula is C22H25ClN6O. The zero-order valence-corrected chi connectivity index (χ0v) is 18.1. The second-order valence-electron chi connectivity index (χ2n) is 8.18. The molecule has 1 aliphatic carbocycles. The maximum absolute atomic E-state index is 12.6. The van der Waals surface area contributed by atoms with Gasteiger partial charge in [-0.3, -0.25) is 4.79 Å². The Bertz CT molecular complexity index is 1110. The molecule has 30 heavy (non-hydrogen) atoms. The number of rotatable bonds is 3. The molecule has 1 saturated heterocycles. The normalized spacial score (nSPS) is 17.4. The Morgan fingerprint density at radius 1 is 1.07 bits per heavy atom. The van der Waals surface area contributed by atoms with Crippen LogP contribution in [-0.4, -0.2) is 56.7 Å². The first kappa shape index (κ1) is 19.3. The van der Waals surface area contributed by atoms with E-state index < -0.39 is 0 Å². The summed E-state index contributed by atoms with van der Waals surface area (Å²) in [6.45, 7) is 6.88. The number of carbonyl (C=O) groups excluding carboxylic acids is 1. The van der Waals surface area contributed by atoms with E-state index >= 15 is 0 Å². The molecule has 0 spiro atoms. The Balaban J connectivity index is 1.48. The number of aryl methyl sites for hydroxylation is 2. The number of hydrogen-bond donors (Lipinski definition) is 0. The van der Waals surface area contributed by atoms with Crippen molar-refractivity contribution in [2.75, 3.05) is 31.1 Å². The van der Waals surface area contributed by atoms with Crippen molar-refractivity contribution in [3.8, 4) is 5.69 Å². The molecule has 2 aliphatic rings. The molecule has 3 aromatic rings. The van der Waals surface area contributed by atoms with E-state index in [0.29, 0.717) is 16.8 Å². The molecule has 0 N–H and O–H groups in total. The molecular weight excluding hydrogens is 400 g/mol. The van der Waals surface area contributed by atoms with Gasteiger partial charge in [0, 0.05) is 32.1 Å². The summed E-state index contributed by atoms with van der Waals surface area (Å²) < 4.78 is 1.81. The SMILES string of the molecule is Cc1nc(N2CCN(C(=O)C3CCC3)CC2)c2c(C)nn(-c3ccccc3Cl)c2n1. The van der Waals surface area contributed by atoms with Gasteiger partial charge < -0.3 is 9.80 Å². The van der Waals surface area contributed by atoms with E-state index in [0.717, 1.165) is 67.3 Å². The molecule has 0 radical (unpaired) electrons. The largest absolute Gasteiger partial charge is 0.352 e. The Labute approximate surface area is 180 Å². The molecule has 2 aromatic heterocycles. The van der Waals surface area contributed by atoms with Crippen molar-refractivity contribution in [1.29, 1.82) is 0 Å². The minimum absolute atomic E-state index is 0.251. The van der Waals surface area contributed by atoms with Crippen molar-refractivity contribution in [2.45, 2.75) is 33.1 Å². The number of anilines is 1. The first-order valence-electron chi connectivity index (χ1n) is 10.6. The van der Waals surface area contributed by atoms with Gasteiger partial charge in [0.25, 0.3) is 0 Å². The summed E-state index contributed by atoms with van der Waals surface area (Å²) in [6, 6.07) is 7.64. The maximum Gasteiger partial charge on any atom is 0.225 e. The highest BCUT2D eigenvalue weighted by atomic mass is 35.5. The van der Waals surface area contributed by atoms with E-state index in [4.69, 9.17) is 26.7 Å².